The average Bonchev–Trinajstić information content (AvgIpc) is 2.50. The van der Waals surface area contributed by atoms with Crippen LogP contribution in [0.4, 0.5) is 11.5 Å². The Morgan fingerprint density at radius 1 is 1.26 bits per heavy atom. The molecular formula is C17H21ClN4O. The Morgan fingerprint density at radius 2 is 2.00 bits per heavy atom. The number of amides is 1. The Balaban J connectivity index is 2.19. The van der Waals surface area contributed by atoms with Crippen molar-refractivity contribution < 1.29 is 4.79 Å². The van der Waals surface area contributed by atoms with Crippen LogP contribution >= 0.6 is 11.6 Å². The number of nitrogens with zero attached hydrogens (tertiary/aromatic N) is 2. The van der Waals surface area contributed by atoms with Gasteiger partial charge in [0.05, 0.1) is 0 Å². The molecule has 1 aromatic heterocycles. The van der Waals surface area contributed by atoms with E-state index in [9.17, 15) is 4.79 Å². The largest absolute Gasteiger partial charge is 0.368 e. The molecule has 0 radical (unpaired) electrons. The maximum absolute atomic E-state index is 12.4. The summed E-state index contributed by atoms with van der Waals surface area (Å²) in [6.45, 7) is 7.82. The highest BCUT2D eigenvalue weighted by Crippen LogP contribution is 2.20. The lowest BCUT2D eigenvalue weighted by Crippen LogP contribution is -2.18. The van der Waals surface area contributed by atoms with Gasteiger partial charge in [0.15, 0.2) is 0 Å². The maximum Gasteiger partial charge on any atom is 0.274 e. The predicted octanol–water partition coefficient (Wildman–Crippen LogP) is 4.21. The highest BCUT2D eigenvalue weighted by atomic mass is 35.5. The number of anilines is 2. The average molecular weight is 333 g/mol. The summed E-state index contributed by atoms with van der Waals surface area (Å²) in [6, 6.07) is 7.33. The SMILES string of the molecule is CCC(C)Nc1cc(C(=O)Nc2ccc(C)c(Cl)c2)nc(C)n1. The van der Waals surface area contributed by atoms with E-state index in [1.165, 1.54) is 0 Å². The number of aryl methyl sites for hydroxylation is 2. The van der Waals surface area contributed by atoms with Gasteiger partial charge in [-0.2, -0.15) is 0 Å². The second kappa shape index (κ2) is 7.42. The van der Waals surface area contributed by atoms with Gasteiger partial charge in [-0.15, -0.1) is 0 Å². The molecule has 23 heavy (non-hydrogen) atoms. The molecule has 2 rings (SSSR count). The van der Waals surface area contributed by atoms with Crippen LogP contribution in [-0.2, 0) is 0 Å². The molecule has 2 aromatic rings. The number of aromatic nitrogens is 2. The normalized spacial score (nSPS) is 11.9. The van der Waals surface area contributed by atoms with Crippen molar-refractivity contribution in [3.05, 3.63) is 46.4 Å². The molecule has 1 unspecified atom stereocenters. The van der Waals surface area contributed by atoms with Gasteiger partial charge in [-0.1, -0.05) is 24.6 Å². The van der Waals surface area contributed by atoms with Gasteiger partial charge in [-0.3, -0.25) is 4.79 Å². The van der Waals surface area contributed by atoms with Gasteiger partial charge in [-0.25, -0.2) is 9.97 Å². The highest BCUT2D eigenvalue weighted by molar-refractivity contribution is 6.31. The molecule has 1 aromatic carbocycles. The van der Waals surface area contributed by atoms with Gasteiger partial charge in [0.1, 0.15) is 17.3 Å². The maximum atomic E-state index is 12.4. The van der Waals surface area contributed by atoms with Gasteiger partial charge < -0.3 is 10.6 Å². The minimum atomic E-state index is -0.289. The van der Waals surface area contributed by atoms with Crippen molar-refractivity contribution in [2.75, 3.05) is 10.6 Å². The van der Waals surface area contributed by atoms with Crippen LogP contribution < -0.4 is 10.6 Å². The van der Waals surface area contributed by atoms with Crippen LogP contribution in [0.25, 0.3) is 0 Å². The molecule has 6 heteroatoms. The van der Waals surface area contributed by atoms with Crippen molar-refractivity contribution in [3.8, 4) is 0 Å². The van der Waals surface area contributed by atoms with Gasteiger partial charge in [-0.05, 0) is 44.9 Å². The Labute approximate surface area is 141 Å². The van der Waals surface area contributed by atoms with Crippen molar-refractivity contribution in [3.63, 3.8) is 0 Å². The molecule has 0 aliphatic carbocycles. The Hall–Kier alpha value is -2.14. The number of halogens is 1. The third-order valence-corrected chi connectivity index (χ3v) is 3.91. The van der Waals surface area contributed by atoms with E-state index in [-0.39, 0.29) is 11.9 Å². The van der Waals surface area contributed by atoms with Crippen LogP contribution in [0, 0.1) is 13.8 Å². The van der Waals surface area contributed by atoms with E-state index < -0.39 is 0 Å². The number of hydrogen-bond acceptors (Lipinski definition) is 4. The number of benzene rings is 1. The molecule has 1 heterocycles. The number of rotatable bonds is 5. The Bertz CT molecular complexity index is 718. The first-order valence-corrected chi connectivity index (χ1v) is 7.96. The summed E-state index contributed by atoms with van der Waals surface area (Å²) in [5.74, 6) is 0.909. The van der Waals surface area contributed by atoms with E-state index in [0.717, 1.165) is 12.0 Å². The van der Waals surface area contributed by atoms with E-state index in [0.29, 0.717) is 28.0 Å². The van der Waals surface area contributed by atoms with Gasteiger partial charge in [0.25, 0.3) is 5.91 Å². The van der Waals surface area contributed by atoms with E-state index in [1.807, 2.05) is 19.1 Å². The molecule has 0 aliphatic rings. The van der Waals surface area contributed by atoms with Crippen LogP contribution in [0.1, 0.15) is 42.1 Å². The van der Waals surface area contributed by atoms with Gasteiger partial charge in [0, 0.05) is 22.8 Å². The minimum Gasteiger partial charge on any atom is -0.368 e. The lowest BCUT2D eigenvalue weighted by molar-refractivity contribution is 0.102. The predicted molar refractivity (Wildman–Crippen MR) is 94.3 cm³/mol. The second-order valence-electron chi connectivity index (χ2n) is 5.56. The summed E-state index contributed by atoms with van der Waals surface area (Å²) in [6.07, 6.45) is 0.965. The Kier molecular flexibility index (Phi) is 5.55. The molecule has 1 atom stereocenters. The second-order valence-corrected chi connectivity index (χ2v) is 5.96. The van der Waals surface area contributed by atoms with Crippen LogP contribution in [0.3, 0.4) is 0 Å². The van der Waals surface area contributed by atoms with Gasteiger partial charge >= 0.3 is 0 Å². The summed E-state index contributed by atoms with van der Waals surface area (Å²) >= 11 is 6.08. The van der Waals surface area contributed by atoms with E-state index in [2.05, 4.69) is 34.4 Å². The lowest BCUT2D eigenvalue weighted by atomic mass is 10.2. The first kappa shape index (κ1) is 17.2. The summed E-state index contributed by atoms with van der Waals surface area (Å²) in [5, 5.41) is 6.67. The number of carbonyl (C=O) groups excluding carboxylic acids is 1. The van der Waals surface area contributed by atoms with E-state index in [1.54, 1.807) is 19.1 Å². The highest BCUT2D eigenvalue weighted by Gasteiger charge is 2.12. The fourth-order valence-corrected chi connectivity index (χ4v) is 2.16. The van der Waals surface area contributed by atoms with E-state index in [4.69, 9.17) is 11.6 Å². The fraction of sp³-hybridized carbons (Fsp3) is 0.353. The molecule has 0 saturated carbocycles. The first-order chi connectivity index (χ1) is 10.9. The zero-order valence-electron chi connectivity index (χ0n) is 13.8. The molecule has 2 N–H and O–H groups in total. The monoisotopic (exact) mass is 332 g/mol. The zero-order chi connectivity index (χ0) is 17.0. The standard InChI is InChI=1S/C17H21ClN4O/c1-5-11(3)19-16-9-15(20-12(4)21-16)17(23)22-13-7-6-10(2)14(18)8-13/h6-9,11H,5H2,1-4H3,(H,22,23)(H,19,20,21). The molecule has 122 valence electrons. The van der Waals surface area contributed by atoms with Crippen LogP contribution in [0.15, 0.2) is 24.3 Å². The number of nitrogens with one attached hydrogen (secondary N) is 2. The summed E-state index contributed by atoms with van der Waals surface area (Å²) in [5.41, 5.74) is 1.92. The first-order valence-electron chi connectivity index (χ1n) is 7.58. The molecule has 0 aliphatic heterocycles. The third kappa shape index (κ3) is 4.66. The van der Waals surface area contributed by atoms with Crippen molar-refractivity contribution in [1.29, 1.82) is 0 Å². The molecule has 5 nitrogen and oxygen atoms in total. The fourth-order valence-electron chi connectivity index (χ4n) is 1.98. The molecule has 1 amide bonds. The lowest BCUT2D eigenvalue weighted by Gasteiger charge is -2.13. The molecule has 0 bridgehead atoms. The Morgan fingerprint density at radius 3 is 2.65 bits per heavy atom. The minimum absolute atomic E-state index is 0.274. The van der Waals surface area contributed by atoms with Crippen molar-refractivity contribution in [2.45, 2.75) is 40.2 Å². The number of carbonyl (C=O) groups is 1. The third-order valence-electron chi connectivity index (χ3n) is 3.51. The van der Waals surface area contributed by atoms with Crippen LogP contribution in [0.2, 0.25) is 5.02 Å². The van der Waals surface area contributed by atoms with Gasteiger partial charge in [0.2, 0.25) is 0 Å². The summed E-state index contributed by atoms with van der Waals surface area (Å²) in [4.78, 5) is 20.9. The molecule has 0 fully saturated rings. The topological polar surface area (TPSA) is 66.9 Å². The molecule has 0 spiro atoms. The smallest absolute Gasteiger partial charge is 0.274 e. The van der Waals surface area contributed by atoms with E-state index >= 15 is 0 Å². The van der Waals surface area contributed by atoms with Crippen molar-refractivity contribution >= 4 is 29.0 Å². The van der Waals surface area contributed by atoms with Crippen molar-refractivity contribution in [2.24, 2.45) is 0 Å². The van der Waals surface area contributed by atoms with Crippen LogP contribution in [-0.4, -0.2) is 21.9 Å². The number of hydrogen-bond donors (Lipinski definition) is 2. The molecule has 0 saturated heterocycles. The molecular weight excluding hydrogens is 312 g/mol. The van der Waals surface area contributed by atoms with Crippen LogP contribution in [0.5, 0.6) is 0 Å². The summed E-state index contributed by atoms with van der Waals surface area (Å²) in [7, 11) is 0. The zero-order valence-corrected chi connectivity index (χ0v) is 14.5. The quantitative estimate of drug-likeness (QED) is 0.860. The summed E-state index contributed by atoms with van der Waals surface area (Å²) < 4.78 is 0. The van der Waals surface area contributed by atoms with Crippen molar-refractivity contribution in [1.82, 2.24) is 9.97 Å².